The van der Waals surface area contributed by atoms with Gasteiger partial charge in [-0.1, -0.05) is 20.8 Å². The molecule has 0 unspecified atom stereocenters. The van der Waals surface area contributed by atoms with Crippen molar-refractivity contribution in [1.29, 1.82) is 0 Å². The van der Waals surface area contributed by atoms with Crippen molar-refractivity contribution in [3.63, 3.8) is 0 Å². The molecule has 120 valence electrons. The molecule has 0 aromatic carbocycles. The molecule has 21 heavy (non-hydrogen) atoms. The molecule has 6 heteroatoms. The first-order valence-electron chi connectivity index (χ1n) is 7.67. The Hall–Kier alpha value is -1.40. The van der Waals surface area contributed by atoms with E-state index in [1.54, 1.807) is 0 Å². The third-order valence-electron chi connectivity index (χ3n) is 3.10. The second kappa shape index (κ2) is 9.52. The van der Waals surface area contributed by atoms with Crippen molar-refractivity contribution in [2.24, 2.45) is 5.92 Å². The molecule has 6 nitrogen and oxygen atoms in total. The molecule has 0 saturated carbocycles. The maximum absolute atomic E-state index is 9.43. The van der Waals surface area contributed by atoms with Crippen LogP contribution in [0.1, 0.15) is 39.9 Å². The molecule has 0 aliphatic heterocycles. The van der Waals surface area contributed by atoms with E-state index in [-0.39, 0.29) is 12.6 Å². The molecular formula is C15H28N4O2. The number of aromatic nitrogens is 2. The molecule has 1 rings (SSSR count). The number of nitrogens with one attached hydrogen (secondary N) is 2. The van der Waals surface area contributed by atoms with E-state index in [0.717, 1.165) is 18.8 Å². The second-order valence-corrected chi connectivity index (χ2v) is 5.30. The molecule has 0 spiro atoms. The standard InChI is InChI=1S/C15H28N4O2/c1-5-7-16-13-8-14(17-12(9-20)11(3)4)19-15(18-13)10-21-6-2/h8,11-12,20H,5-7,9-10H2,1-4H3,(H2,16,17,18,19)/t12-/m1/s1. The van der Waals surface area contributed by atoms with Crippen molar-refractivity contribution in [2.45, 2.75) is 46.8 Å². The van der Waals surface area contributed by atoms with Gasteiger partial charge in [-0.2, -0.15) is 0 Å². The molecule has 0 bridgehead atoms. The Balaban J connectivity index is 2.88. The Kier molecular flexibility index (Phi) is 8.00. The molecule has 0 amide bonds. The van der Waals surface area contributed by atoms with Crippen molar-refractivity contribution < 1.29 is 9.84 Å². The van der Waals surface area contributed by atoms with Gasteiger partial charge in [-0.25, -0.2) is 9.97 Å². The van der Waals surface area contributed by atoms with E-state index in [4.69, 9.17) is 4.74 Å². The summed E-state index contributed by atoms with van der Waals surface area (Å²) >= 11 is 0. The van der Waals surface area contributed by atoms with Crippen LogP contribution in [0.4, 0.5) is 11.6 Å². The number of aliphatic hydroxyl groups excluding tert-OH is 1. The summed E-state index contributed by atoms with van der Waals surface area (Å²) in [4.78, 5) is 8.89. The fourth-order valence-corrected chi connectivity index (χ4v) is 1.79. The number of hydrogen-bond acceptors (Lipinski definition) is 6. The van der Waals surface area contributed by atoms with Gasteiger partial charge in [0.25, 0.3) is 0 Å². The maximum atomic E-state index is 9.43. The first kappa shape index (κ1) is 17.7. The van der Waals surface area contributed by atoms with Gasteiger partial charge in [-0.15, -0.1) is 0 Å². The lowest BCUT2D eigenvalue weighted by atomic mass is 10.1. The van der Waals surface area contributed by atoms with Crippen LogP contribution in [0.2, 0.25) is 0 Å². The van der Waals surface area contributed by atoms with E-state index in [9.17, 15) is 5.11 Å². The van der Waals surface area contributed by atoms with Crippen LogP contribution in [-0.2, 0) is 11.3 Å². The third-order valence-corrected chi connectivity index (χ3v) is 3.10. The zero-order valence-electron chi connectivity index (χ0n) is 13.5. The lowest BCUT2D eigenvalue weighted by Crippen LogP contribution is -2.30. The van der Waals surface area contributed by atoms with Gasteiger partial charge in [-0.3, -0.25) is 0 Å². The summed E-state index contributed by atoms with van der Waals surface area (Å²) in [5.41, 5.74) is 0. The first-order valence-corrected chi connectivity index (χ1v) is 7.67. The van der Waals surface area contributed by atoms with Gasteiger partial charge < -0.3 is 20.5 Å². The van der Waals surface area contributed by atoms with Crippen LogP contribution in [0.3, 0.4) is 0 Å². The predicted octanol–water partition coefficient (Wildman–Crippen LogP) is 2.26. The fourth-order valence-electron chi connectivity index (χ4n) is 1.79. The summed E-state index contributed by atoms with van der Waals surface area (Å²) in [6, 6.07) is 1.84. The number of rotatable bonds is 10. The molecule has 3 N–H and O–H groups in total. The summed E-state index contributed by atoms with van der Waals surface area (Å²) < 4.78 is 5.38. The highest BCUT2D eigenvalue weighted by Crippen LogP contribution is 2.15. The van der Waals surface area contributed by atoms with Crippen LogP contribution in [0.15, 0.2) is 6.07 Å². The van der Waals surface area contributed by atoms with Gasteiger partial charge in [-0.05, 0) is 19.3 Å². The lowest BCUT2D eigenvalue weighted by molar-refractivity contribution is 0.128. The molecule has 0 saturated heterocycles. The lowest BCUT2D eigenvalue weighted by Gasteiger charge is -2.21. The van der Waals surface area contributed by atoms with Crippen LogP contribution >= 0.6 is 0 Å². The maximum Gasteiger partial charge on any atom is 0.158 e. The van der Waals surface area contributed by atoms with E-state index < -0.39 is 0 Å². The zero-order chi connectivity index (χ0) is 15.7. The van der Waals surface area contributed by atoms with Crippen LogP contribution in [-0.4, -0.2) is 40.9 Å². The molecule has 1 heterocycles. The molecule has 0 radical (unpaired) electrons. The Morgan fingerprint density at radius 2 is 1.95 bits per heavy atom. The van der Waals surface area contributed by atoms with Crippen LogP contribution in [0.25, 0.3) is 0 Å². The first-order chi connectivity index (χ1) is 10.1. The average Bonchev–Trinajstić information content (AvgIpc) is 2.48. The molecule has 0 fully saturated rings. The van der Waals surface area contributed by atoms with Gasteiger partial charge in [0.2, 0.25) is 0 Å². The highest BCUT2D eigenvalue weighted by atomic mass is 16.5. The van der Waals surface area contributed by atoms with Crippen molar-refractivity contribution in [3.05, 3.63) is 11.9 Å². The summed E-state index contributed by atoms with van der Waals surface area (Å²) in [6.45, 7) is 10.1. The van der Waals surface area contributed by atoms with Gasteiger partial charge in [0.15, 0.2) is 5.82 Å². The van der Waals surface area contributed by atoms with Crippen LogP contribution in [0.5, 0.6) is 0 Å². The molecular weight excluding hydrogens is 268 g/mol. The van der Waals surface area contributed by atoms with Gasteiger partial charge in [0.1, 0.15) is 18.2 Å². The van der Waals surface area contributed by atoms with E-state index in [2.05, 4.69) is 41.4 Å². The molecule has 1 atom stereocenters. The molecule has 0 aliphatic carbocycles. The number of hydrogen-bond donors (Lipinski definition) is 3. The second-order valence-electron chi connectivity index (χ2n) is 5.30. The fraction of sp³-hybridized carbons (Fsp3) is 0.733. The van der Waals surface area contributed by atoms with Crippen molar-refractivity contribution in [2.75, 3.05) is 30.4 Å². The van der Waals surface area contributed by atoms with E-state index >= 15 is 0 Å². The van der Waals surface area contributed by atoms with Crippen LogP contribution in [0, 0.1) is 5.92 Å². The summed E-state index contributed by atoms with van der Waals surface area (Å²) in [6.07, 6.45) is 1.03. The van der Waals surface area contributed by atoms with E-state index in [1.165, 1.54) is 0 Å². The average molecular weight is 296 g/mol. The predicted molar refractivity (Wildman–Crippen MR) is 85.5 cm³/mol. The summed E-state index contributed by atoms with van der Waals surface area (Å²) in [7, 11) is 0. The minimum absolute atomic E-state index is 0.0288. The molecule has 1 aromatic heterocycles. The Morgan fingerprint density at radius 3 is 2.52 bits per heavy atom. The topological polar surface area (TPSA) is 79.3 Å². The number of ether oxygens (including phenoxy) is 1. The normalized spacial score (nSPS) is 12.5. The van der Waals surface area contributed by atoms with E-state index in [1.807, 2.05) is 13.0 Å². The quantitative estimate of drug-likeness (QED) is 0.614. The van der Waals surface area contributed by atoms with Crippen molar-refractivity contribution >= 4 is 11.6 Å². The molecule has 1 aromatic rings. The highest BCUT2D eigenvalue weighted by molar-refractivity contribution is 5.48. The van der Waals surface area contributed by atoms with Crippen LogP contribution < -0.4 is 10.6 Å². The Bertz CT molecular complexity index is 386. The smallest absolute Gasteiger partial charge is 0.158 e. The number of aliphatic hydroxyl groups is 1. The minimum atomic E-state index is -0.0288. The highest BCUT2D eigenvalue weighted by Gasteiger charge is 2.14. The third kappa shape index (κ3) is 6.27. The number of nitrogens with zero attached hydrogens (tertiary/aromatic N) is 2. The number of anilines is 2. The molecule has 0 aliphatic rings. The van der Waals surface area contributed by atoms with E-state index in [0.29, 0.717) is 30.8 Å². The SMILES string of the molecule is CCCNc1cc(N[C@H](CO)C(C)C)nc(COCC)n1. The Morgan fingerprint density at radius 1 is 1.24 bits per heavy atom. The van der Waals surface area contributed by atoms with Gasteiger partial charge >= 0.3 is 0 Å². The van der Waals surface area contributed by atoms with Gasteiger partial charge in [0.05, 0.1) is 12.6 Å². The minimum Gasteiger partial charge on any atom is -0.394 e. The van der Waals surface area contributed by atoms with Crippen molar-refractivity contribution in [3.8, 4) is 0 Å². The summed E-state index contributed by atoms with van der Waals surface area (Å²) in [5, 5.41) is 16.0. The Labute approximate surface area is 127 Å². The largest absolute Gasteiger partial charge is 0.394 e. The van der Waals surface area contributed by atoms with Crippen molar-refractivity contribution in [1.82, 2.24) is 9.97 Å². The zero-order valence-corrected chi connectivity index (χ0v) is 13.5. The monoisotopic (exact) mass is 296 g/mol. The summed E-state index contributed by atoms with van der Waals surface area (Å²) in [5.74, 6) is 2.45. The van der Waals surface area contributed by atoms with Gasteiger partial charge in [0, 0.05) is 19.2 Å².